The highest BCUT2D eigenvalue weighted by Crippen LogP contribution is 2.21. The average molecular weight is 379 g/mol. The fourth-order valence-electron chi connectivity index (χ4n) is 3.06. The van der Waals surface area contributed by atoms with Crippen LogP contribution in [0.15, 0.2) is 4.52 Å². The summed E-state index contributed by atoms with van der Waals surface area (Å²) < 4.78 is 5.25. The van der Waals surface area contributed by atoms with E-state index in [1.807, 2.05) is 46.4 Å². The van der Waals surface area contributed by atoms with Crippen LogP contribution in [0.1, 0.15) is 78.9 Å². The third-order valence-corrected chi connectivity index (χ3v) is 4.72. The first-order chi connectivity index (χ1) is 12.5. The monoisotopic (exact) mass is 378 g/mol. The standard InChI is InChI=1S/C20H34N4O3/c1-19(2,3)17-22-16(27-23-17)9-7-8-15(25)21-14-10-12-24(13-11-14)18(26)20(4,5)6/h14H,7-13H2,1-6H3,(H,21,25). The minimum atomic E-state index is -0.350. The van der Waals surface area contributed by atoms with Crippen LogP contribution in [0.25, 0.3) is 0 Å². The molecule has 0 aliphatic carbocycles. The molecule has 1 aromatic heterocycles. The lowest BCUT2D eigenvalue weighted by Gasteiger charge is -2.36. The number of aromatic nitrogens is 2. The SMILES string of the molecule is CC(C)(C)C(=O)N1CCC(NC(=O)CCCc2nc(C(C)(C)C)no2)CC1. The molecule has 0 atom stereocenters. The second kappa shape index (κ2) is 8.40. The molecule has 0 saturated carbocycles. The first kappa shape index (κ1) is 21.4. The first-order valence-electron chi connectivity index (χ1n) is 9.88. The predicted molar refractivity (Wildman–Crippen MR) is 103 cm³/mol. The predicted octanol–water partition coefficient (Wildman–Crippen LogP) is 2.84. The van der Waals surface area contributed by atoms with Crippen molar-refractivity contribution >= 4 is 11.8 Å². The zero-order chi connectivity index (χ0) is 20.2. The Labute approximate surface area is 162 Å². The molecule has 2 amide bonds. The van der Waals surface area contributed by atoms with Gasteiger partial charge in [-0.3, -0.25) is 9.59 Å². The van der Waals surface area contributed by atoms with Crippen molar-refractivity contribution in [3.8, 4) is 0 Å². The van der Waals surface area contributed by atoms with Crippen molar-refractivity contribution in [1.82, 2.24) is 20.4 Å². The number of hydrogen-bond donors (Lipinski definition) is 1. The third kappa shape index (κ3) is 6.33. The summed E-state index contributed by atoms with van der Waals surface area (Å²) in [4.78, 5) is 30.8. The molecule has 0 radical (unpaired) electrons. The van der Waals surface area contributed by atoms with Crippen molar-refractivity contribution < 1.29 is 14.1 Å². The van der Waals surface area contributed by atoms with Crippen molar-refractivity contribution in [3.63, 3.8) is 0 Å². The van der Waals surface area contributed by atoms with Crippen LogP contribution in [0.4, 0.5) is 0 Å². The summed E-state index contributed by atoms with van der Waals surface area (Å²) in [5.41, 5.74) is -0.486. The Morgan fingerprint density at radius 2 is 1.78 bits per heavy atom. The molecular weight excluding hydrogens is 344 g/mol. The van der Waals surface area contributed by atoms with E-state index in [-0.39, 0.29) is 28.7 Å². The normalized spacial score (nSPS) is 16.4. The highest BCUT2D eigenvalue weighted by molar-refractivity contribution is 5.81. The summed E-state index contributed by atoms with van der Waals surface area (Å²) in [6.45, 7) is 13.3. The maximum atomic E-state index is 12.3. The summed E-state index contributed by atoms with van der Waals surface area (Å²) in [5.74, 6) is 1.51. The maximum absolute atomic E-state index is 12.3. The lowest BCUT2D eigenvalue weighted by Crippen LogP contribution is -2.49. The van der Waals surface area contributed by atoms with E-state index in [1.165, 1.54) is 0 Å². The summed E-state index contributed by atoms with van der Waals surface area (Å²) >= 11 is 0. The molecule has 1 aliphatic rings. The van der Waals surface area contributed by atoms with Gasteiger partial charge in [0.1, 0.15) is 0 Å². The number of carbonyl (C=O) groups is 2. The van der Waals surface area contributed by atoms with E-state index in [0.717, 1.165) is 12.8 Å². The van der Waals surface area contributed by atoms with E-state index in [2.05, 4.69) is 15.5 Å². The van der Waals surface area contributed by atoms with Crippen LogP contribution in [0.3, 0.4) is 0 Å². The minimum absolute atomic E-state index is 0.0474. The summed E-state index contributed by atoms with van der Waals surface area (Å²) in [5, 5.41) is 7.09. The molecule has 2 rings (SSSR count). The molecule has 2 heterocycles. The van der Waals surface area contributed by atoms with E-state index in [9.17, 15) is 9.59 Å². The molecule has 1 fully saturated rings. The van der Waals surface area contributed by atoms with Gasteiger partial charge in [-0.05, 0) is 19.3 Å². The van der Waals surface area contributed by atoms with E-state index in [0.29, 0.717) is 44.1 Å². The van der Waals surface area contributed by atoms with Crippen LogP contribution in [-0.4, -0.2) is 46.0 Å². The molecule has 27 heavy (non-hydrogen) atoms. The zero-order valence-corrected chi connectivity index (χ0v) is 17.6. The van der Waals surface area contributed by atoms with Gasteiger partial charge in [-0.15, -0.1) is 0 Å². The number of rotatable bonds is 5. The fourth-order valence-corrected chi connectivity index (χ4v) is 3.06. The smallest absolute Gasteiger partial charge is 0.227 e. The molecule has 7 heteroatoms. The molecule has 1 N–H and O–H groups in total. The van der Waals surface area contributed by atoms with Gasteiger partial charge < -0.3 is 14.7 Å². The van der Waals surface area contributed by atoms with Gasteiger partial charge in [0.05, 0.1) is 0 Å². The first-order valence-corrected chi connectivity index (χ1v) is 9.88. The molecule has 152 valence electrons. The Kier molecular flexibility index (Phi) is 6.65. The van der Waals surface area contributed by atoms with Crippen LogP contribution in [0, 0.1) is 5.41 Å². The van der Waals surface area contributed by atoms with Gasteiger partial charge in [-0.1, -0.05) is 46.7 Å². The maximum Gasteiger partial charge on any atom is 0.227 e. The lowest BCUT2D eigenvalue weighted by atomic mass is 9.93. The number of aryl methyl sites for hydroxylation is 1. The van der Waals surface area contributed by atoms with Crippen molar-refractivity contribution in [2.75, 3.05) is 13.1 Å². The fraction of sp³-hybridized carbons (Fsp3) is 0.800. The van der Waals surface area contributed by atoms with Gasteiger partial charge in [0, 0.05) is 42.8 Å². The zero-order valence-electron chi connectivity index (χ0n) is 17.6. The van der Waals surface area contributed by atoms with Gasteiger partial charge in [0.25, 0.3) is 0 Å². The molecule has 0 bridgehead atoms. The Morgan fingerprint density at radius 3 is 2.30 bits per heavy atom. The largest absolute Gasteiger partial charge is 0.353 e. The lowest BCUT2D eigenvalue weighted by molar-refractivity contribution is -0.140. The second-order valence-electron chi connectivity index (χ2n) is 9.50. The van der Waals surface area contributed by atoms with Crippen LogP contribution in [-0.2, 0) is 21.4 Å². The van der Waals surface area contributed by atoms with Crippen molar-refractivity contribution in [2.45, 2.75) is 85.1 Å². The molecule has 0 spiro atoms. The van der Waals surface area contributed by atoms with Crippen molar-refractivity contribution in [1.29, 1.82) is 0 Å². The quantitative estimate of drug-likeness (QED) is 0.851. The van der Waals surface area contributed by atoms with Gasteiger partial charge in [0.15, 0.2) is 5.82 Å². The summed E-state index contributed by atoms with van der Waals surface area (Å²) in [6, 6.07) is 0.150. The van der Waals surface area contributed by atoms with Crippen molar-refractivity contribution in [2.24, 2.45) is 5.41 Å². The number of likely N-dealkylation sites (tertiary alicyclic amines) is 1. The topological polar surface area (TPSA) is 88.3 Å². The molecule has 1 aromatic rings. The Bertz CT molecular complexity index is 647. The second-order valence-corrected chi connectivity index (χ2v) is 9.50. The Balaban J connectivity index is 1.68. The van der Waals surface area contributed by atoms with Crippen LogP contribution >= 0.6 is 0 Å². The van der Waals surface area contributed by atoms with E-state index in [4.69, 9.17) is 4.52 Å². The molecule has 7 nitrogen and oxygen atoms in total. The van der Waals surface area contributed by atoms with Gasteiger partial charge in [0.2, 0.25) is 17.7 Å². The number of carbonyl (C=O) groups excluding carboxylic acids is 2. The Morgan fingerprint density at radius 1 is 1.15 bits per heavy atom. The number of nitrogens with one attached hydrogen (secondary N) is 1. The van der Waals surface area contributed by atoms with Gasteiger partial charge >= 0.3 is 0 Å². The van der Waals surface area contributed by atoms with Gasteiger partial charge in [-0.25, -0.2) is 0 Å². The highest BCUT2D eigenvalue weighted by Gasteiger charge is 2.30. The van der Waals surface area contributed by atoms with Crippen molar-refractivity contribution in [3.05, 3.63) is 11.7 Å². The molecule has 1 aliphatic heterocycles. The molecule has 0 unspecified atom stereocenters. The van der Waals surface area contributed by atoms with Crippen LogP contribution in [0.2, 0.25) is 0 Å². The number of amides is 2. The number of nitrogens with zero attached hydrogens (tertiary/aromatic N) is 3. The van der Waals surface area contributed by atoms with Crippen LogP contribution < -0.4 is 5.32 Å². The number of hydrogen-bond acceptors (Lipinski definition) is 5. The average Bonchev–Trinajstić information content (AvgIpc) is 3.03. The molecule has 1 saturated heterocycles. The summed E-state index contributed by atoms with van der Waals surface area (Å²) in [7, 11) is 0. The van der Waals surface area contributed by atoms with E-state index >= 15 is 0 Å². The minimum Gasteiger partial charge on any atom is -0.353 e. The summed E-state index contributed by atoms with van der Waals surface area (Å²) in [6.07, 6.45) is 3.35. The third-order valence-electron chi connectivity index (χ3n) is 4.72. The van der Waals surface area contributed by atoms with E-state index in [1.54, 1.807) is 0 Å². The molecule has 0 aromatic carbocycles. The highest BCUT2D eigenvalue weighted by atomic mass is 16.5. The Hall–Kier alpha value is -1.92. The van der Waals surface area contributed by atoms with E-state index < -0.39 is 0 Å². The molecular formula is C20H34N4O3. The number of piperidine rings is 1. The van der Waals surface area contributed by atoms with Crippen LogP contribution in [0.5, 0.6) is 0 Å². The van der Waals surface area contributed by atoms with Gasteiger partial charge in [-0.2, -0.15) is 4.98 Å².